The lowest BCUT2D eigenvalue weighted by atomic mass is 10.3. The van der Waals surface area contributed by atoms with Gasteiger partial charge in [-0.15, -0.1) is 0 Å². The molecule has 0 spiro atoms. The normalized spacial score (nSPS) is 8.27. The maximum absolute atomic E-state index is 10.4. The number of ether oxygens (including phenoxy) is 2. The average Bonchev–Trinajstić information content (AvgIpc) is 2.17. The third-order valence-corrected chi connectivity index (χ3v) is 1.17. The predicted octanol–water partition coefficient (Wildman–Crippen LogP) is 1.10. The molecule has 0 fully saturated rings. The van der Waals surface area contributed by atoms with E-state index >= 15 is 0 Å². The lowest BCUT2D eigenvalue weighted by molar-refractivity contribution is -0.153. The predicted molar refractivity (Wildman–Crippen MR) is 54.2 cm³/mol. The third-order valence-electron chi connectivity index (χ3n) is 1.17. The number of Topliss-reactive ketones (excluding diaryl/α,β-unsaturated/α-hetero) is 1. The van der Waals surface area contributed by atoms with Crippen molar-refractivity contribution < 1.29 is 23.9 Å². The van der Waals surface area contributed by atoms with Crippen LogP contribution in [0.5, 0.6) is 0 Å². The molecule has 0 aromatic rings. The topological polar surface area (TPSA) is 69.7 Å². The van der Waals surface area contributed by atoms with Crippen LogP contribution < -0.4 is 0 Å². The standard InChI is InChI=1S/C6H10O3.C4H8O2/c1-3-5(7)6(8)9-4-2;1-3-6-4(2)5/h3-4H2,1-2H3;3H2,1-2H3. The molecular formula is C10H18O5. The molecule has 0 bridgehead atoms. The summed E-state index contributed by atoms with van der Waals surface area (Å²) >= 11 is 0. The van der Waals surface area contributed by atoms with Crippen LogP contribution in [0, 0.1) is 0 Å². The minimum Gasteiger partial charge on any atom is -0.466 e. The molecule has 0 heterocycles. The Balaban J connectivity index is 0. The molecule has 0 amide bonds. The second-order valence-electron chi connectivity index (χ2n) is 2.42. The van der Waals surface area contributed by atoms with Crippen LogP contribution >= 0.6 is 0 Å². The summed E-state index contributed by atoms with van der Waals surface area (Å²) in [6, 6.07) is 0. The van der Waals surface area contributed by atoms with Gasteiger partial charge in [0.15, 0.2) is 0 Å². The van der Waals surface area contributed by atoms with E-state index in [0.717, 1.165) is 0 Å². The van der Waals surface area contributed by atoms with Crippen molar-refractivity contribution in [1.29, 1.82) is 0 Å². The van der Waals surface area contributed by atoms with Crippen LogP contribution in [-0.4, -0.2) is 30.9 Å². The van der Waals surface area contributed by atoms with Gasteiger partial charge >= 0.3 is 11.9 Å². The van der Waals surface area contributed by atoms with Crippen molar-refractivity contribution in [3.63, 3.8) is 0 Å². The fraction of sp³-hybridized carbons (Fsp3) is 0.700. The molecule has 5 heteroatoms. The number of carbonyl (C=O) groups is 3. The van der Waals surface area contributed by atoms with Crippen LogP contribution in [-0.2, 0) is 23.9 Å². The van der Waals surface area contributed by atoms with E-state index in [1.54, 1.807) is 20.8 Å². The fourth-order valence-electron chi connectivity index (χ4n) is 0.559. The Labute approximate surface area is 89.7 Å². The molecule has 15 heavy (non-hydrogen) atoms. The van der Waals surface area contributed by atoms with Gasteiger partial charge in [0.1, 0.15) is 0 Å². The summed E-state index contributed by atoms with van der Waals surface area (Å²) in [4.78, 5) is 30.7. The van der Waals surface area contributed by atoms with E-state index in [2.05, 4.69) is 9.47 Å². The van der Waals surface area contributed by atoms with Crippen LogP contribution in [0.15, 0.2) is 0 Å². The lowest BCUT2D eigenvalue weighted by Crippen LogP contribution is -2.15. The molecule has 0 N–H and O–H groups in total. The molecule has 0 aliphatic rings. The minimum atomic E-state index is -0.722. The summed E-state index contributed by atoms with van der Waals surface area (Å²) in [7, 11) is 0. The van der Waals surface area contributed by atoms with Gasteiger partial charge in [0.25, 0.3) is 0 Å². The van der Waals surface area contributed by atoms with Crippen LogP contribution in [0.2, 0.25) is 0 Å². The summed E-state index contributed by atoms with van der Waals surface area (Å²) in [6.45, 7) is 7.21. The first-order valence-electron chi connectivity index (χ1n) is 4.82. The van der Waals surface area contributed by atoms with Gasteiger partial charge in [-0.25, -0.2) is 4.79 Å². The van der Waals surface area contributed by atoms with Crippen LogP contribution in [0.3, 0.4) is 0 Å². The summed E-state index contributed by atoms with van der Waals surface area (Å²) in [5.41, 5.74) is 0. The largest absolute Gasteiger partial charge is 0.466 e. The van der Waals surface area contributed by atoms with E-state index in [4.69, 9.17) is 0 Å². The Morgan fingerprint density at radius 2 is 1.40 bits per heavy atom. The van der Waals surface area contributed by atoms with Crippen LogP contribution in [0.25, 0.3) is 0 Å². The molecule has 0 unspecified atom stereocenters. The molecule has 0 atom stereocenters. The molecule has 0 saturated heterocycles. The number of esters is 2. The van der Waals surface area contributed by atoms with Crippen LogP contribution in [0.4, 0.5) is 0 Å². The quantitative estimate of drug-likeness (QED) is 0.522. The zero-order valence-corrected chi connectivity index (χ0v) is 9.66. The van der Waals surface area contributed by atoms with Gasteiger partial charge in [-0.1, -0.05) is 6.92 Å². The van der Waals surface area contributed by atoms with E-state index in [-0.39, 0.29) is 19.0 Å². The van der Waals surface area contributed by atoms with Crippen LogP contribution in [0.1, 0.15) is 34.1 Å². The first-order chi connectivity index (χ1) is 6.99. The Bertz CT molecular complexity index is 210. The van der Waals surface area contributed by atoms with Gasteiger partial charge in [-0.3, -0.25) is 9.59 Å². The molecule has 88 valence electrons. The fourth-order valence-corrected chi connectivity index (χ4v) is 0.559. The number of carbonyl (C=O) groups excluding carboxylic acids is 3. The first-order valence-corrected chi connectivity index (χ1v) is 4.82. The summed E-state index contributed by atoms with van der Waals surface area (Å²) in [6.07, 6.45) is 0.221. The zero-order valence-electron chi connectivity index (χ0n) is 9.66. The van der Waals surface area contributed by atoms with E-state index < -0.39 is 11.8 Å². The van der Waals surface area contributed by atoms with Gasteiger partial charge in [-0.05, 0) is 13.8 Å². The van der Waals surface area contributed by atoms with Gasteiger partial charge in [0.2, 0.25) is 5.78 Å². The summed E-state index contributed by atoms with van der Waals surface area (Å²) in [5, 5.41) is 0. The number of ketones is 1. The third kappa shape index (κ3) is 12.6. The first kappa shape index (κ1) is 16.1. The second-order valence-corrected chi connectivity index (χ2v) is 2.42. The van der Waals surface area contributed by atoms with Gasteiger partial charge < -0.3 is 9.47 Å². The minimum absolute atomic E-state index is 0.211. The van der Waals surface area contributed by atoms with Crippen molar-refractivity contribution in [2.24, 2.45) is 0 Å². The number of hydrogen-bond acceptors (Lipinski definition) is 5. The van der Waals surface area contributed by atoms with E-state index in [0.29, 0.717) is 6.61 Å². The summed E-state index contributed by atoms with van der Waals surface area (Å²) < 4.78 is 8.81. The molecule has 0 saturated carbocycles. The zero-order chi connectivity index (χ0) is 12.3. The summed E-state index contributed by atoms with van der Waals surface area (Å²) in [5.74, 6) is -1.39. The van der Waals surface area contributed by atoms with Crippen molar-refractivity contribution in [3.05, 3.63) is 0 Å². The Kier molecular flexibility index (Phi) is 11.4. The molecule has 0 radical (unpaired) electrons. The van der Waals surface area contributed by atoms with Crippen molar-refractivity contribution in [2.45, 2.75) is 34.1 Å². The van der Waals surface area contributed by atoms with Crippen molar-refractivity contribution >= 4 is 17.7 Å². The maximum Gasteiger partial charge on any atom is 0.374 e. The smallest absolute Gasteiger partial charge is 0.374 e. The highest BCUT2D eigenvalue weighted by Crippen LogP contribution is 1.84. The van der Waals surface area contributed by atoms with E-state index in [1.165, 1.54) is 6.92 Å². The highest BCUT2D eigenvalue weighted by Gasteiger charge is 2.10. The second kappa shape index (κ2) is 10.7. The monoisotopic (exact) mass is 218 g/mol. The van der Waals surface area contributed by atoms with Crippen molar-refractivity contribution in [3.8, 4) is 0 Å². The molecule has 0 aliphatic heterocycles. The highest BCUT2D eigenvalue weighted by atomic mass is 16.5. The van der Waals surface area contributed by atoms with Gasteiger partial charge in [0.05, 0.1) is 13.2 Å². The lowest BCUT2D eigenvalue weighted by Gasteiger charge is -1.95. The number of hydrogen-bond donors (Lipinski definition) is 0. The molecular weight excluding hydrogens is 200 g/mol. The SMILES string of the molecule is CCOC(=O)C(=O)CC.CCOC(C)=O. The Morgan fingerprint density at radius 3 is 1.60 bits per heavy atom. The molecule has 0 aromatic carbocycles. The van der Waals surface area contributed by atoms with Crippen molar-refractivity contribution in [1.82, 2.24) is 0 Å². The van der Waals surface area contributed by atoms with Gasteiger partial charge in [0, 0.05) is 13.3 Å². The highest BCUT2D eigenvalue weighted by molar-refractivity contribution is 6.33. The molecule has 0 rings (SSSR count). The number of rotatable bonds is 4. The van der Waals surface area contributed by atoms with E-state index in [1.807, 2.05) is 0 Å². The average molecular weight is 218 g/mol. The molecule has 0 aromatic heterocycles. The Hall–Kier alpha value is -1.39. The van der Waals surface area contributed by atoms with E-state index in [9.17, 15) is 14.4 Å². The Morgan fingerprint density at radius 1 is 0.933 bits per heavy atom. The van der Waals surface area contributed by atoms with Gasteiger partial charge in [-0.2, -0.15) is 0 Å². The maximum atomic E-state index is 10.4. The molecule has 0 aliphatic carbocycles. The molecule has 5 nitrogen and oxygen atoms in total. The van der Waals surface area contributed by atoms with Crippen molar-refractivity contribution in [2.75, 3.05) is 13.2 Å².